The maximum Gasteiger partial charge on any atom is 2.00 e. The molecule has 1 aliphatic carbocycles. The standard InChI is InChI=1S/C12H20N2O.C9H12O.CH3.Pb.W/c1-11-2-4-12(5-3-11)10-15-9-8-14-7-6-13;1-6-4-7(2)9(10)8(3)5-6;;;/h2,5-6,13-14H,3-4,7-10H2,1H3;4-5,10H,1-3H3;1H3;;/q-1;;-1;;+2. The van der Waals surface area contributed by atoms with Gasteiger partial charge < -0.3 is 12.5 Å². The molecule has 0 aliphatic heterocycles. The Morgan fingerprint density at radius 1 is 1.14 bits per heavy atom. The predicted molar refractivity (Wildman–Crippen MR) is 117 cm³/mol. The van der Waals surface area contributed by atoms with Gasteiger partial charge in [-0.05, 0) is 31.9 Å². The fourth-order valence-electron chi connectivity index (χ4n) is 2.66. The number of aryl methyl sites for hydroxylation is 3. The average Bonchev–Trinajstić information content (AvgIpc) is 2.57. The molecular formula is C22H35N2O2PbW. The van der Waals surface area contributed by atoms with E-state index in [4.69, 9.17) is 10.5 Å². The van der Waals surface area contributed by atoms with Crippen LogP contribution in [-0.4, -0.2) is 60.8 Å². The molecule has 2 rings (SSSR count). The van der Waals surface area contributed by atoms with E-state index in [1.807, 2.05) is 32.9 Å². The molecule has 0 aromatic heterocycles. The number of phenols is 1. The number of rotatable bonds is 7. The van der Waals surface area contributed by atoms with Gasteiger partial charge in [-0.1, -0.05) is 17.7 Å². The number of ether oxygens (including phenoxy) is 1. The van der Waals surface area contributed by atoms with Crippen LogP contribution in [0.25, 0.3) is 5.73 Å². The second kappa shape index (κ2) is 16.8. The van der Waals surface area contributed by atoms with Gasteiger partial charge in [-0.25, -0.2) is 0 Å². The molecule has 1 aromatic rings. The molecule has 0 heterocycles. The van der Waals surface area contributed by atoms with E-state index in [0.29, 0.717) is 5.75 Å². The summed E-state index contributed by atoms with van der Waals surface area (Å²) >= 11 is 0.940. The molecule has 1 atom stereocenters. The Kier molecular flexibility index (Phi) is 18.1. The number of aromatic hydroxyl groups is 1. The second-order valence-corrected chi connectivity index (χ2v) is 9.59. The van der Waals surface area contributed by atoms with E-state index in [0.717, 1.165) is 76.0 Å². The van der Waals surface area contributed by atoms with Gasteiger partial charge in [0.15, 0.2) is 0 Å². The maximum atomic E-state index is 9.33. The van der Waals surface area contributed by atoms with Gasteiger partial charge >= 0.3 is 136 Å². The quantitative estimate of drug-likeness (QED) is 0.186. The fraction of sp³-hybridized carbons (Fsp3) is 0.500. The van der Waals surface area contributed by atoms with Crippen LogP contribution in [0.3, 0.4) is 0 Å². The Morgan fingerprint density at radius 3 is 2.25 bits per heavy atom. The largest absolute Gasteiger partial charge is 2.00 e. The molecule has 6 heteroatoms. The van der Waals surface area contributed by atoms with E-state index in [-0.39, 0.29) is 32.1 Å². The van der Waals surface area contributed by atoms with E-state index in [1.165, 1.54) is 16.7 Å². The van der Waals surface area contributed by atoms with E-state index in [1.54, 1.807) is 0 Å². The number of hydrogen-bond acceptors (Lipinski definition) is 3. The van der Waals surface area contributed by atoms with Crippen molar-refractivity contribution in [1.82, 2.24) is 5.32 Å². The molecule has 3 N–H and O–H groups in total. The summed E-state index contributed by atoms with van der Waals surface area (Å²) in [5.74, 6) is 0.422. The average molecular weight is 751 g/mol. The van der Waals surface area contributed by atoms with Gasteiger partial charge in [-0.15, -0.1) is 0 Å². The van der Waals surface area contributed by atoms with E-state index >= 15 is 0 Å². The first kappa shape index (κ1) is 30.2. The molecule has 0 bridgehead atoms. The molecule has 0 fully saturated rings. The van der Waals surface area contributed by atoms with Crippen LogP contribution in [0.2, 0.25) is 0 Å². The molecule has 0 saturated carbocycles. The van der Waals surface area contributed by atoms with Gasteiger partial charge in [-0.3, -0.25) is 0 Å². The Bertz CT molecular complexity index is 608. The van der Waals surface area contributed by atoms with Gasteiger partial charge in [0, 0.05) is 0 Å². The summed E-state index contributed by atoms with van der Waals surface area (Å²) in [6.07, 6.45) is 6.69. The van der Waals surface area contributed by atoms with Crippen molar-refractivity contribution >= 4 is 25.8 Å². The van der Waals surface area contributed by atoms with Crippen molar-refractivity contribution in [3.8, 4) is 5.75 Å². The van der Waals surface area contributed by atoms with Crippen molar-refractivity contribution in [2.24, 2.45) is 0 Å². The van der Waals surface area contributed by atoms with Gasteiger partial charge in [0.05, 0.1) is 0 Å². The summed E-state index contributed by atoms with van der Waals surface area (Å²) in [7, 11) is 0. The van der Waals surface area contributed by atoms with Gasteiger partial charge in [0.2, 0.25) is 0 Å². The number of phenolic OH excluding ortho intramolecular Hbond substituents is 1. The maximum absolute atomic E-state index is 9.33. The molecule has 155 valence electrons. The van der Waals surface area contributed by atoms with Crippen molar-refractivity contribution in [3.05, 3.63) is 65.3 Å². The first-order valence-corrected chi connectivity index (χ1v) is 11.3. The van der Waals surface area contributed by atoms with Crippen LogP contribution in [-0.2, 0) is 25.8 Å². The van der Waals surface area contributed by atoms with Crippen LogP contribution < -0.4 is 5.32 Å². The predicted octanol–water partition coefficient (Wildman–Crippen LogP) is 4.57. The molecule has 4 nitrogen and oxygen atoms in total. The van der Waals surface area contributed by atoms with Crippen molar-refractivity contribution < 1.29 is 30.9 Å². The zero-order chi connectivity index (χ0) is 19.5. The monoisotopic (exact) mass is 751 g/mol. The minimum Gasteiger partial charge on any atom is -0.507 e. The molecular weight excluding hydrogens is 715 g/mol. The molecule has 0 saturated heterocycles. The third-order valence-electron chi connectivity index (χ3n) is 4.12. The topological polar surface area (TPSA) is 65.3 Å². The van der Waals surface area contributed by atoms with Crippen LogP contribution in [0.5, 0.6) is 5.75 Å². The SMILES string of the molecule is CC1=CCC(COCCNC[CH]([NH-])[Pb])=CC1.Cc1cc(C)c(O)c(C)c1.[CH3-].[W+2]. The first-order chi connectivity index (χ1) is 12.3. The van der Waals surface area contributed by atoms with Crippen molar-refractivity contribution in [1.29, 1.82) is 0 Å². The van der Waals surface area contributed by atoms with Gasteiger partial charge in [0.25, 0.3) is 0 Å². The van der Waals surface area contributed by atoms with Gasteiger partial charge in [0.1, 0.15) is 5.75 Å². The molecule has 1 aliphatic rings. The van der Waals surface area contributed by atoms with Crippen LogP contribution in [0.15, 0.2) is 35.4 Å². The minimum atomic E-state index is 0. The molecule has 0 spiro atoms. The summed E-state index contributed by atoms with van der Waals surface area (Å²) in [5, 5.41) is 12.6. The van der Waals surface area contributed by atoms with E-state index < -0.39 is 0 Å². The third kappa shape index (κ3) is 13.3. The Balaban J connectivity index is 0. The van der Waals surface area contributed by atoms with Crippen LogP contribution in [0.1, 0.15) is 36.5 Å². The van der Waals surface area contributed by atoms with E-state index in [2.05, 4.69) is 24.4 Å². The summed E-state index contributed by atoms with van der Waals surface area (Å²) in [6.45, 7) is 11.2. The number of benzene rings is 1. The number of allylic oxidation sites excluding steroid dienone is 3. The van der Waals surface area contributed by atoms with Crippen molar-refractivity contribution in [2.45, 2.75) is 44.1 Å². The van der Waals surface area contributed by atoms with Crippen LogP contribution in [0.4, 0.5) is 0 Å². The van der Waals surface area contributed by atoms with Crippen molar-refractivity contribution in [3.63, 3.8) is 0 Å². The smallest absolute Gasteiger partial charge is 0.507 e. The Hall–Kier alpha value is -0.00961. The Morgan fingerprint density at radius 2 is 1.75 bits per heavy atom. The normalized spacial score (nSPS) is 13.8. The van der Waals surface area contributed by atoms with E-state index in [9.17, 15) is 5.11 Å². The minimum absolute atomic E-state index is 0. The Labute approximate surface area is 202 Å². The number of hydrogen-bond donors (Lipinski definition) is 2. The molecule has 1 aromatic carbocycles. The third-order valence-corrected chi connectivity index (χ3v) is 4.91. The summed E-state index contributed by atoms with van der Waals surface area (Å²) in [6, 6.07) is 3.95. The van der Waals surface area contributed by atoms with Crippen molar-refractivity contribution in [2.75, 3.05) is 26.3 Å². The summed E-state index contributed by atoms with van der Waals surface area (Å²) in [5.41, 5.74) is 13.3. The van der Waals surface area contributed by atoms with Crippen LogP contribution >= 0.6 is 0 Å². The first-order valence-electron chi connectivity index (χ1n) is 9.10. The summed E-state index contributed by atoms with van der Waals surface area (Å²) in [4.78, 5) is 0. The molecule has 1 unspecified atom stereocenters. The molecule has 0 amide bonds. The fourth-order valence-corrected chi connectivity index (χ4v) is 3.22. The van der Waals surface area contributed by atoms with Crippen LogP contribution in [0, 0.1) is 28.2 Å². The molecule has 3 radical (unpaired) electrons. The summed E-state index contributed by atoms with van der Waals surface area (Å²) < 4.78 is 5.69. The van der Waals surface area contributed by atoms with Gasteiger partial charge in [-0.2, -0.15) is 0 Å². The molecule has 28 heavy (non-hydrogen) atoms. The zero-order valence-corrected chi connectivity index (χ0v) is 24.7. The second-order valence-electron chi connectivity index (χ2n) is 6.88. The zero-order valence-electron chi connectivity index (χ0n) is 17.9. The number of nitrogens with one attached hydrogen (secondary N) is 2.